The minimum absolute atomic E-state index is 0.0151. The Morgan fingerprint density at radius 2 is 0.731 bits per heavy atom. The molecule has 0 aliphatic rings. The molecule has 0 aliphatic carbocycles. The van der Waals surface area contributed by atoms with E-state index < -0.39 is 0 Å². The molecule has 0 N–H and O–H groups in total. The molecule has 2 nitrogen and oxygen atoms in total. The van der Waals surface area contributed by atoms with Gasteiger partial charge in [0.05, 0.1) is 28.1 Å². The maximum atomic E-state index is 2.61. The third-order valence-corrected chi connectivity index (χ3v) is 16.8. The molecule has 0 saturated carbocycles. The highest BCUT2D eigenvalue weighted by molar-refractivity contribution is 6.27. The van der Waals surface area contributed by atoms with E-state index in [9.17, 15) is 0 Å². The highest BCUT2D eigenvalue weighted by atomic mass is 15.1. The molecule has 0 radical (unpaired) electrons. The summed E-state index contributed by atoms with van der Waals surface area (Å²) in [5.41, 5.74) is 19.7. The van der Waals surface area contributed by atoms with E-state index in [0.717, 1.165) is 17.1 Å². The summed E-state index contributed by atoms with van der Waals surface area (Å²) < 4.78 is 2.55. The van der Waals surface area contributed by atoms with Gasteiger partial charge in [-0.3, -0.25) is 0 Å². The molecule has 0 bridgehead atoms. The van der Waals surface area contributed by atoms with E-state index in [1.165, 1.54) is 115 Å². The van der Waals surface area contributed by atoms with E-state index in [1.54, 1.807) is 0 Å². The predicted octanol–water partition coefficient (Wildman–Crippen LogP) is 22.3. The number of fused-ring (bicyclic) bond motifs is 3. The van der Waals surface area contributed by atoms with Gasteiger partial charge in [-0.2, -0.15) is 0 Å². The maximum absolute atomic E-state index is 2.61. The molecule has 0 spiro atoms. The Balaban J connectivity index is 1.25. The molecule has 1 heterocycles. The molecule has 11 rings (SSSR count). The molecule has 0 fully saturated rings. The second kappa shape index (κ2) is 18.2. The fourth-order valence-electron chi connectivity index (χ4n) is 11.8. The lowest BCUT2D eigenvalue weighted by Gasteiger charge is -2.33. The first-order chi connectivity index (χ1) is 36.4. The summed E-state index contributed by atoms with van der Waals surface area (Å²) in [4.78, 5) is 2.61. The van der Waals surface area contributed by atoms with Gasteiger partial charge in [-0.05, 0) is 165 Å². The summed E-state index contributed by atoms with van der Waals surface area (Å²) in [5, 5.41) is 10.1. The summed E-state index contributed by atoms with van der Waals surface area (Å²) >= 11 is 0. The fraction of sp³-hybridized carbons (Fsp3) is 0.316. The summed E-state index contributed by atoms with van der Waals surface area (Å²) in [7, 11) is 0. The molecule has 11 aromatic rings. The van der Waals surface area contributed by atoms with Gasteiger partial charge < -0.3 is 9.47 Å². The molecule has 396 valence electrons. The van der Waals surface area contributed by atoms with Crippen LogP contribution in [-0.4, -0.2) is 4.57 Å². The second-order valence-corrected chi connectivity index (χ2v) is 28.9. The van der Waals surface area contributed by atoms with Crippen LogP contribution in [-0.2, 0) is 32.5 Å². The zero-order valence-corrected chi connectivity index (χ0v) is 50.1. The third-order valence-electron chi connectivity index (χ3n) is 16.8. The van der Waals surface area contributed by atoms with Crippen molar-refractivity contribution in [2.24, 2.45) is 0 Å². The number of hydrogen-bond donors (Lipinski definition) is 0. The van der Waals surface area contributed by atoms with Gasteiger partial charge in [0.2, 0.25) is 0 Å². The third kappa shape index (κ3) is 9.37. The van der Waals surface area contributed by atoms with Gasteiger partial charge in [0.15, 0.2) is 0 Å². The number of anilines is 3. The van der Waals surface area contributed by atoms with Crippen molar-refractivity contribution in [1.82, 2.24) is 4.57 Å². The van der Waals surface area contributed by atoms with Gasteiger partial charge in [0.1, 0.15) is 0 Å². The number of nitrogens with zero attached hydrogens (tertiary/aromatic N) is 2. The fourth-order valence-corrected chi connectivity index (χ4v) is 11.8. The van der Waals surface area contributed by atoms with Crippen molar-refractivity contribution in [3.63, 3.8) is 0 Å². The Morgan fingerprint density at radius 3 is 1.27 bits per heavy atom. The van der Waals surface area contributed by atoms with Crippen molar-refractivity contribution >= 4 is 71.2 Å². The van der Waals surface area contributed by atoms with E-state index in [2.05, 4.69) is 304 Å². The van der Waals surface area contributed by atoms with Crippen LogP contribution >= 0.6 is 0 Å². The molecule has 10 aromatic carbocycles. The molecule has 0 aliphatic heterocycles. The Hall–Kier alpha value is -7.16. The first-order valence-electron chi connectivity index (χ1n) is 28.6. The normalized spacial score (nSPS) is 13.3. The summed E-state index contributed by atoms with van der Waals surface area (Å²) in [6.45, 7) is 42.1. The zero-order valence-electron chi connectivity index (χ0n) is 50.1. The zero-order chi connectivity index (χ0) is 55.8. The SMILES string of the molecule is CC(C)(C)c1cc(-c2ccccc2)cc(N(c2ccc(C(C)(C)C)cc2-c2cc(C(C)(C)C)cc(C(C)(C)C)c2)c2ccc3ccc4c(-n5c6ccc(C(C)(C)C)cc6c6cc(C(C)(C)C)ccc65)ccc5ccc2c3c54)c1. The van der Waals surface area contributed by atoms with Crippen molar-refractivity contribution in [2.45, 2.75) is 157 Å². The molecule has 2 heteroatoms. The summed E-state index contributed by atoms with van der Waals surface area (Å²) in [6.07, 6.45) is 0. The molecule has 0 atom stereocenters. The quantitative estimate of drug-likeness (QED) is 0.151. The van der Waals surface area contributed by atoms with Crippen LogP contribution in [0, 0.1) is 0 Å². The van der Waals surface area contributed by atoms with E-state index >= 15 is 0 Å². The molecule has 0 saturated heterocycles. The van der Waals surface area contributed by atoms with Crippen LogP contribution in [0.15, 0.2) is 170 Å². The number of benzene rings is 10. The molecule has 0 amide bonds. The maximum Gasteiger partial charge on any atom is 0.0541 e. The van der Waals surface area contributed by atoms with Gasteiger partial charge in [0, 0.05) is 32.8 Å². The lowest BCUT2D eigenvalue weighted by molar-refractivity contribution is 0.569. The van der Waals surface area contributed by atoms with Crippen LogP contribution in [0.4, 0.5) is 17.1 Å². The first kappa shape index (κ1) is 52.9. The highest BCUT2D eigenvalue weighted by Gasteiger charge is 2.29. The summed E-state index contributed by atoms with van der Waals surface area (Å²) in [6, 6.07) is 66.4. The van der Waals surface area contributed by atoms with Crippen molar-refractivity contribution < 1.29 is 0 Å². The number of aromatic nitrogens is 1. The Bertz CT molecular complexity index is 4010. The lowest BCUT2D eigenvalue weighted by atomic mass is 9.78. The van der Waals surface area contributed by atoms with E-state index in [1.807, 2.05) is 0 Å². The van der Waals surface area contributed by atoms with E-state index in [0.29, 0.717) is 0 Å². The van der Waals surface area contributed by atoms with Crippen molar-refractivity contribution in [1.29, 1.82) is 0 Å². The van der Waals surface area contributed by atoms with Gasteiger partial charge in [0.25, 0.3) is 0 Å². The largest absolute Gasteiger partial charge is 0.309 e. The molecular formula is C76H82N2. The second-order valence-electron chi connectivity index (χ2n) is 28.9. The monoisotopic (exact) mass is 1020 g/mol. The Labute approximate surface area is 466 Å². The lowest BCUT2D eigenvalue weighted by Crippen LogP contribution is -2.18. The topological polar surface area (TPSA) is 8.17 Å². The van der Waals surface area contributed by atoms with Gasteiger partial charge in [-0.15, -0.1) is 0 Å². The minimum atomic E-state index is -0.124. The average Bonchev–Trinajstić information content (AvgIpc) is 3.88. The number of hydrogen-bond acceptors (Lipinski definition) is 1. The van der Waals surface area contributed by atoms with Gasteiger partial charge in [-0.1, -0.05) is 234 Å². The van der Waals surface area contributed by atoms with Crippen LogP contribution in [0.5, 0.6) is 0 Å². The van der Waals surface area contributed by atoms with Crippen LogP contribution in [0.3, 0.4) is 0 Å². The minimum Gasteiger partial charge on any atom is -0.309 e. The van der Waals surface area contributed by atoms with Crippen molar-refractivity contribution in [2.75, 3.05) is 4.90 Å². The van der Waals surface area contributed by atoms with Gasteiger partial charge in [-0.25, -0.2) is 0 Å². The first-order valence-corrected chi connectivity index (χ1v) is 28.6. The standard InChI is InChI=1S/C76H82N2/c1-71(2,3)52-28-35-66(61(44-52)51-39-55(74(10,11)12)42-56(40-51)75(13,14)15)77(58-41-50(47-22-20-19-21-23-47)38-57(43-58)76(16,17)18)64-33-26-48-25-32-60-65(34-27-49-24-31-59(64)69(48)70(49)60)78-67-36-29-53(72(4,5)6)45-62(67)63-46-54(73(7,8)9)30-37-68(63)78/h19-46H,1-18H3. The molecule has 1 aromatic heterocycles. The van der Waals surface area contributed by atoms with Gasteiger partial charge >= 0.3 is 0 Å². The van der Waals surface area contributed by atoms with Crippen molar-refractivity contribution in [3.8, 4) is 27.9 Å². The predicted molar refractivity (Wildman–Crippen MR) is 342 cm³/mol. The van der Waals surface area contributed by atoms with E-state index in [4.69, 9.17) is 0 Å². The molecule has 0 unspecified atom stereocenters. The van der Waals surface area contributed by atoms with Crippen molar-refractivity contribution in [3.05, 3.63) is 203 Å². The summed E-state index contributed by atoms with van der Waals surface area (Å²) in [5.74, 6) is 0. The smallest absolute Gasteiger partial charge is 0.0541 e. The van der Waals surface area contributed by atoms with Crippen LogP contribution in [0.25, 0.3) is 82.1 Å². The van der Waals surface area contributed by atoms with E-state index in [-0.39, 0.29) is 32.5 Å². The van der Waals surface area contributed by atoms with Crippen LogP contribution < -0.4 is 4.90 Å². The van der Waals surface area contributed by atoms with Crippen LogP contribution in [0.1, 0.15) is 158 Å². The average molecular weight is 1020 g/mol. The Kier molecular flexibility index (Phi) is 12.3. The Morgan fingerprint density at radius 1 is 0.295 bits per heavy atom. The molecular weight excluding hydrogens is 941 g/mol. The molecule has 78 heavy (non-hydrogen) atoms. The highest BCUT2D eigenvalue weighted by Crippen LogP contribution is 2.51. The van der Waals surface area contributed by atoms with Crippen LogP contribution in [0.2, 0.25) is 0 Å². The number of rotatable bonds is 6.